The van der Waals surface area contributed by atoms with Crippen molar-refractivity contribution in [3.63, 3.8) is 0 Å². The van der Waals surface area contributed by atoms with Crippen LogP contribution in [0.15, 0.2) is 0 Å². The number of hydrogen-bond acceptors (Lipinski definition) is 3. The van der Waals surface area contributed by atoms with Crippen molar-refractivity contribution in [3.8, 4) is 0 Å². The van der Waals surface area contributed by atoms with Crippen molar-refractivity contribution in [2.45, 2.75) is 71.2 Å². The molecule has 5 nitrogen and oxygen atoms in total. The molecule has 2 heterocycles. The van der Waals surface area contributed by atoms with Gasteiger partial charge in [-0.2, -0.15) is 0 Å². The van der Waals surface area contributed by atoms with Gasteiger partial charge in [0.25, 0.3) is 5.91 Å². The highest BCUT2D eigenvalue weighted by Gasteiger charge is 2.43. The van der Waals surface area contributed by atoms with Gasteiger partial charge in [-0.25, -0.2) is 0 Å². The molecule has 4 atom stereocenters. The molecule has 114 valence electrons. The quantitative estimate of drug-likeness (QED) is 0.774. The zero-order valence-corrected chi connectivity index (χ0v) is 12.9. The van der Waals surface area contributed by atoms with Crippen LogP contribution in [0.5, 0.6) is 0 Å². The lowest BCUT2D eigenvalue weighted by Crippen LogP contribution is -2.51. The van der Waals surface area contributed by atoms with E-state index in [2.05, 4.69) is 26.1 Å². The summed E-state index contributed by atoms with van der Waals surface area (Å²) < 4.78 is 5.17. The van der Waals surface area contributed by atoms with E-state index in [-0.39, 0.29) is 30.1 Å². The second-order valence-electron chi connectivity index (χ2n) is 6.48. The van der Waals surface area contributed by atoms with Crippen LogP contribution >= 0.6 is 0 Å². The summed E-state index contributed by atoms with van der Waals surface area (Å²) in [5, 5.41) is 2.88. The first kappa shape index (κ1) is 15.3. The smallest absolute Gasteiger partial charge is 0.252 e. The Morgan fingerprint density at radius 3 is 2.45 bits per heavy atom. The van der Waals surface area contributed by atoms with Gasteiger partial charge in [0.15, 0.2) is 6.10 Å². The van der Waals surface area contributed by atoms with E-state index < -0.39 is 6.04 Å². The number of amides is 2. The van der Waals surface area contributed by atoms with E-state index in [0.29, 0.717) is 12.3 Å². The summed E-state index contributed by atoms with van der Waals surface area (Å²) in [4.78, 5) is 26.5. The number of ether oxygens (including phenoxy) is 1. The third kappa shape index (κ3) is 3.51. The first-order valence-electron chi connectivity index (χ1n) is 7.66. The lowest BCUT2D eigenvalue weighted by atomic mass is 10.0. The first-order chi connectivity index (χ1) is 9.40. The van der Waals surface area contributed by atoms with Crippen LogP contribution in [0.1, 0.15) is 47.0 Å². The van der Waals surface area contributed by atoms with Crippen LogP contribution in [0.3, 0.4) is 0 Å². The van der Waals surface area contributed by atoms with Crippen molar-refractivity contribution in [2.75, 3.05) is 6.54 Å². The molecule has 2 saturated heterocycles. The predicted molar refractivity (Wildman–Crippen MR) is 76.1 cm³/mol. The Bertz CT molecular complexity index is 383. The molecular formula is C15H26N2O3. The molecule has 2 fully saturated rings. The highest BCUT2D eigenvalue weighted by atomic mass is 16.6. The molecule has 0 unspecified atom stereocenters. The summed E-state index contributed by atoms with van der Waals surface area (Å²) in [6.07, 6.45) is 2.40. The molecule has 0 aromatic heterocycles. The summed E-state index contributed by atoms with van der Waals surface area (Å²) in [5.74, 6) is 0.272. The monoisotopic (exact) mass is 282 g/mol. The van der Waals surface area contributed by atoms with Gasteiger partial charge in [-0.1, -0.05) is 13.8 Å². The van der Waals surface area contributed by atoms with E-state index in [0.717, 1.165) is 19.4 Å². The normalized spacial score (nSPS) is 30.4. The Hall–Kier alpha value is -1.10. The maximum absolute atomic E-state index is 12.6. The maximum atomic E-state index is 12.6. The van der Waals surface area contributed by atoms with Crippen molar-refractivity contribution < 1.29 is 14.3 Å². The number of nitrogens with one attached hydrogen (secondary N) is 1. The number of hydrogen-bond donors (Lipinski definition) is 1. The molecule has 2 aliphatic rings. The van der Waals surface area contributed by atoms with Gasteiger partial charge >= 0.3 is 0 Å². The molecule has 0 saturated carbocycles. The molecule has 0 radical (unpaired) electrons. The van der Waals surface area contributed by atoms with Gasteiger partial charge in [0.2, 0.25) is 5.91 Å². The molecule has 0 spiro atoms. The van der Waals surface area contributed by atoms with Gasteiger partial charge < -0.3 is 15.0 Å². The molecule has 0 bridgehead atoms. The Balaban J connectivity index is 1.98. The molecule has 2 aliphatic heterocycles. The number of carbonyl (C=O) groups excluding carboxylic acids is 2. The Morgan fingerprint density at radius 2 is 2.00 bits per heavy atom. The van der Waals surface area contributed by atoms with Gasteiger partial charge in [-0.05, 0) is 39.0 Å². The van der Waals surface area contributed by atoms with Gasteiger partial charge in [-0.15, -0.1) is 0 Å². The Labute approximate surface area is 121 Å². The van der Waals surface area contributed by atoms with Gasteiger partial charge in [0.05, 0.1) is 6.10 Å². The lowest BCUT2D eigenvalue weighted by molar-refractivity contribution is -0.137. The molecule has 1 N–H and O–H groups in total. The van der Waals surface area contributed by atoms with Crippen LogP contribution in [0.4, 0.5) is 0 Å². The Morgan fingerprint density at radius 1 is 1.35 bits per heavy atom. The fourth-order valence-electron chi connectivity index (χ4n) is 2.87. The minimum Gasteiger partial charge on any atom is -0.359 e. The van der Waals surface area contributed by atoms with Crippen molar-refractivity contribution >= 4 is 11.8 Å². The van der Waals surface area contributed by atoms with Crippen LogP contribution in [0.2, 0.25) is 0 Å². The van der Waals surface area contributed by atoms with Crippen molar-refractivity contribution in [3.05, 3.63) is 0 Å². The summed E-state index contributed by atoms with van der Waals surface area (Å²) in [6.45, 7) is 8.88. The van der Waals surface area contributed by atoms with Gasteiger partial charge in [0.1, 0.15) is 6.04 Å². The van der Waals surface area contributed by atoms with Gasteiger partial charge in [-0.3, -0.25) is 9.59 Å². The number of carbonyl (C=O) groups is 2. The van der Waals surface area contributed by atoms with E-state index in [4.69, 9.17) is 4.74 Å². The van der Waals surface area contributed by atoms with Crippen molar-refractivity contribution in [1.29, 1.82) is 0 Å². The average molecular weight is 282 g/mol. The average Bonchev–Trinajstić information content (AvgIpc) is 2.94. The number of nitrogens with zero attached hydrogens (tertiary/aromatic N) is 1. The lowest BCUT2D eigenvalue weighted by Gasteiger charge is -2.28. The van der Waals surface area contributed by atoms with E-state index in [1.165, 1.54) is 0 Å². The third-order valence-corrected chi connectivity index (χ3v) is 4.13. The summed E-state index contributed by atoms with van der Waals surface area (Å²) in [6, 6.07) is -0.135. The molecule has 2 amide bonds. The zero-order valence-electron chi connectivity index (χ0n) is 12.9. The Kier molecular flexibility index (Phi) is 4.68. The van der Waals surface area contributed by atoms with Crippen LogP contribution in [0, 0.1) is 5.92 Å². The number of likely N-dealkylation sites (tertiary alicyclic amines) is 1. The van der Waals surface area contributed by atoms with Crippen LogP contribution in [-0.2, 0) is 14.3 Å². The topological polar surface area (TPSA) is 61.9 Å². The first-order valence-corrected chi connectivity index (χ1v) is 7.66. The standard InChI is InChI=1S/C15H26N2O3/c1-9(2)8-12(16-14(18)13-11(4)20-13)15(19)17-7-5-6-10(17)3/h9-13H,5-8H2,1-4H3,(H,16,18)/t10-,11-,12+,13+/m1/s1. The maximum Gasteiger partial charge on any atom is 0.252 e. The molecule has 0 aliphatic carbocycles. The molecule has 0 aromatic carbocycles. The summed E-state index contributed by atoms with van der Waals surface area (Å²) in [7, 11) is 0. The largest absolute Gasteiger partial charge is 0.359 e. The van der Waals surface area contributed by atoms with E-state index >= 15 is 0 Å². The molecular weight excluding hydrogens is 256 g/mol. The number of epoxide rings is 1. The second kappa shape index (κ2) is 6.12. The third-order valence-electron chi connectivity index (χ3n) is 4.13. The molecule has 5 heteroatoms. The molecule has 2 rings (SSSR count). The fourth-order valence-corrected chi connectivity index (χ4v) is 2.87. The van der Waals surface area contributed by atoms with E-state index in [9.17, 15) is 9.59 Å². The summed E-state index contributed by atoms with van der Waals surface area (Å²) >= 11 is 0. The fraction of sp³-hybridized carbons (Fsp3) is 0.867. The minimum absolute atomic E-state index is 0.0180. The number of rotatable bonds is 5. The minimum atomic E-state index is -0.417. The van der Waals surface area contributed by atoms with Crippen molar-refractivity contribution in [1.82, 2.24) is 10.2 Å². The SMILES string of the molecule is CC(C)C[C@H](NC(=O)[C@H]1O[C@@H]1C)C(=O)N1CCC[C@H]1C. The van der Waals surface area contributed by atoms with Crippen molar-refractivity contribution in [2.24, 2.45) is 5.92 Å². The predicted octanol–water partition coefficient (Wildman–Crippen LogP) is 1.32. The van der Waals surface area contributed by atoms with E-state index in [1.54, 1.807) is 0 Å². The zero-order chi connectivity index (χ0) is 14.9. The highest BCUT2D eigenvalue weighted by Crippen LogP contribution is 2.23. The highest BCUT2D eigenvalue weighted by molar-refractivity contribution is 5.90. The van der Waals surface area contributed by atoms with Crippen LogP contribution in [0.25, 0.3) is 0 Å². The molecule has 0 aromatic rings. The van der Waals surface area contributed by atoms with E-state index in [1.807, 2.05) is 11.8 Å². The second-order valence-corrected chi connectivity index (χ2v) is 6.48. The van der Waals surface area contributed by atoms with Crippen LogP contribution < -0.4 is 5.32 Å². The molecule has 20 heavy (non-hydrogen) atoms. The summed E-state index contributed by atoms with van der Waals surface area (Å²) in [5.41, 5.74) is 0. The van der Waals surface area contributed by atoms with Gasteiger partial charge in [0, 0.05) is 12.6 Å². The van der Waals surface area contributed by atoms with Crippen LogP contribution in [-0.4, -0.2) is 47.6 Å².